The van der Waals surface area contributed by atoms with Crippen molar-refractivity contribution < 1.29 is 14.7 Å². The lowest BCUT2D eigenvalue weighted by Crippen LogP contribution is -2.45. The van der Waals surface area contributed by atoms with E-state index in [-0.39, 0.29) is 18.2 Å². The Labute approximate surface area is 147 Å². The Morgan fingerprint density at radius 3 is 2.74 bits per heavy atom. The van der Waals surface area contributed by atoms with Gasteiger partial charge in [-0.25, -0.2) is 9.78 Å². The van der Waals surface area contributed by atoms with E-state index in [1.165, 1.54) is 22.7 Å². The highest BCUT2D eigenvalue weighted by atomic mass is 35.5. The van der Waals surface area contributed by atoms with E-state index in [1.807, 2.05) is 18.4 Å². The molecule has 23 heavy (non-hydrogen) atoms. The average Bonchev–Trinajstić information content (AvgIpc) is 3.12. The zero-order valence-corrected chi connectivity index (χ0v) is 15.1. The third-order valence-corrected chi connectivity index (χ3v) is 5.76. The number of carbonyl (C=O) groups excluding carboxylic acids is 1. The van der Waals surface area contributed by atoms with E-state index in [4.69, 9.17) is 11.6 Å². The summed E-state index contributed by atoms with van der Waals surface area (Å²) < 4.78 is 0.687. The average molecular weight is 373 g/mol. The van der Waals surface area contributed by atoms with E-state index in [9.17, 15) is 14.7 Å². The predicted octanol–water partition coefficient (Wildman–Crippen LogP) is 3.68. The Morgan fingerprint density at radius 1 is 1.43 bits per heavy atom. The Bertz CT molecular complexity index is 698. The van der Waals surface area contributed by atoms with E-state index in [0.717, 1.165) is 9.88 Å². The first-order chi connectivity index (χ1) is 10.9. The SMILES string of the molecule is CC[C@H](C)[C@H](NC(=O)Cc1csc(-c2ccc(Cl)s2)n1)C(=O)O. The van der Waals surface area contributed by atoms with Crippen molar-refractivity contribution in [1.29, 1.82) is 0 Å². The summed E-state index contributed by atoms with van der Waals surface area (Å²) in [6.07, 6.45) is 0.743. The Balaban J connectivity index is 2.00. The fraction of sp³-hybridized carbons (Fsp3) is 0.400. The van der Waals surface area contributed by atoms with Gasteiger partial charge in [0.1, 0.15) is 11.0 Å². The summed E-state index contributed by atoms with van der Waals surface area (Å²) in [6.45, 7) is 3.70. The highest BCUT2D eigenvalue weighted by molar-refractivity contribution is 7.23. The largest absolute Gasteiger partial charge is 0.480 e. The molecule has 2 rings (SSSR count). The van der Waals surface area contributed by atoms with Gasteiger partial charge in [-0.3, -0.25) is 4.79 Å². The maximum atomic E-state index is 12.1. The lowest BCUT2D eigenvalue weighted by Gasteiger charge is -2.19. The van der Waals surface area contributed by atoms with Crippen LogP contribution < -0.4 is 5.32 Å². The van der Waals surface area contributed by atoms with Crippen LogP contribution in [0.1, 0.15) is 26.0 Å². The van der Waals surface area contributed by atoms with Crippen LogP contribution in [0.5, 0.6) is 0 Å². The molecule has 8 heteroatoms. The second-order valence-electron chi connectivity index (χ2n) is 5.19. The molecule has 2 N–H and O–H groups in total. The van der Waals surface area contributed by atoms with E-state index in [1.54, 1.807) is 13.0 Å². The number of carbonyl (C=O) groups is 2. The van der Waals surface area contributed by atoms with Crippen LogP contribution in [0.15, 0.2) is 17.5 Å². The number of nitrogens with one attached hydrogen (secondary N) is 1. The van der Waals surface area contributed by atoms with Crippen LogP contribution in [0.4, 0.5) is 0 Å². The van der Waals surface area contributed by atoms with Crippen molar-refractivity contribution in [3.8, 4) is 9.88 Å². The van der Waals surface area contributed by atoms with Gasteiger partial charge < -0.3 is 10.4 Å². The molecule has 2 atom stereocenters. The van der Waals surface area contributed by atoms with Crippen molar-refractivity contribution in [3.63, 3.8) is 0 Å². The molecule has 0 aromatic carbocycles. The molecule has 2 heterocycles. The molecule has 0 aliphatic rings. The number of hydrogen-bond acceptors (Lipinski definition) is 5. The molecule has 0 aliphatic carbocycles. The topological polar surface area (TPSA) is 79.3 Å². The number of hydrogen-bond donors (Lipinski definition) is 2. The van der Waals surface area contributed by atoms with Crippen LogP contribution in [0.25, 0.3) is 9.88 Å². The van der Waals surface area contributed by atoms with Crippen LogP contribution >= 0.6 is 34.3 Å². The number of aromatic nitrogens is 1. The van der Waals surface area contributed by atoms with Gasteiger partial charge in [0.2, 0.25) is 5.91 Å². The van der Waals surface area contributed by atoms with Gasteiger partial charge >= 0.3 is 5.97 Å². The van der Waals surface area contributed by atoms with E-state index < -0.39 is 12.0 Å². The molecular weight excluding hydrogens is 356 g/mol. The molecule has 0 saturated heterocycles. The van der Waals surface area contributed by atoms with Crippen LogP contribution in [0, 0.1) is 5.92 Å². The van der Waals surface area contributed by atoms with Crippen LogP contribution in [0.3, 0.4) is 0 Å². The molecule has 2 aromatic rings. The molecule has 124 valence electrons. The van der Waals surface area contributed by atoms with E-state index in [0.29, 0.717) is 16.5 Å². The lowest BCUT2D eigenvalue weighted by molar-refractivity contribution is -0.143. The van der Waals surface area contributed by atoms with Crippen molar-refractivity contribution >= 4 is 46.2 Å². The quantitative estimate of drug-likeness (QED) is 0.776. The van der Waals surface area contributed by atoms with Gasteiger partial charge in [-0.2, -0.15) is 0 Å². The Hall–Kier alpha value is -1.44. The zero-order valence-electron chi connectivity index (χ0n) is 12.7. The first kappa shape index (κ1) is 17.9. The van der Waals surface area contributed by atoms with Gasteiger partial charge in [-0.15, -0.1) is 22.7 Å². The molecule has 0 bridgehead atoms. The van der Waals surface area contributed by atoms with Crippen molar-refractivity contribution in [1.82, 2.24) is 10.3 Å². The van der Waals surface area contributed by atoms with Gasteiger partial charge in [-0.05, 0) is 18.1 Å². The van der Waals surface area contributed by atoms with Gasteiger partial charge in [0.25, 0.3) is 0 Å². The van der Waals surface area contributed by atoms with Gasteiger partial charge in [0.05, 0.1) is 21.3 Å². The highest BCUT2D eigenvalue weighted by Gasteiger charge is 2.25. The number of carboxylic acid groups (broad SMARTS) is 1. The molecule has 0 aliphatic heterocycles. The van der Waals surface area contributed by atoms with Crippen LogP contribution in [0.2, 0.25) is 4.34 Å². The molecule has 0 saturated carbocycles. The van der Waals surface area contributed by atoms with Gasteiger partial charge in [-0.1, -0.05) is 31.9 Å². The van der Waals surface area contributed by atoms with Crippen LogP contribution in [-0.2, 0) is 16.0 Å². The third kappa shape index (κ3) is 4.76. The van der Waals surface area contributed by atoms with Crippen molar-refractivity contribution in [2.75, 3.05) is 0 Å². The summed E-state index contributed by atoms with van der Waals surface area (Å²) >= 11 is 8.78. The predicted molar refractivity (Wildman–Crippen MR) is 93.2 cm³/mol. The lowest BCUT2D eigenvalue weighted by atomic mass is 9.99. The molecule has 5 nitrogen and oxygen atoms in total. The molecule has 0 fully saturated rings. The number of amides is 1. The summed E-state index contributed by atoms with van der Waals surface area (Å²) in [5.74, 6) is -1.48. The van der Waals surface area contributed by atoms with Gasteiger partial charge in [0, 0.05) is 5.38 Å². The van der Waals surface area contributed by atoms with Crippen molar-refractivity contribution in [3.05, 3.63) is 27.5 Å². The summed E-state index contributed by atoms with van der Waals surface area (Å²) in [5.41, 5.74) is 0.625. The minimum absolute atomic E-state index is 0.0653. The number of nitrogens with zero attached hydrogens (tertiary/aromatic N) is 1. The monoisotopic (exact) mass is 372 g/mol. The number of carboxylic acids is 1. The first-order valence-electron chi connectivity index (χ1n) is 7.13. The number of aliphatic carboxylic acids is 1. The van der Waals surface area contributed by atoms with Gasteiger partial charge in [0.15, 0.2) is 0 Å². The fourth-order valence-electron chi connectivity index (χ4n) is 2.00. The maximum absolute atomic E-state index is 12.1. The molecule has 1 amide bonds. The smallest absolute Gasteiger partial charge is 0.326 e. The van der Waals surface area contributed by atoms with Crippen molar-refractivity contribution in [2.45, 2.75) is 32.7 Å². The third-order valence-electron chi connectivity index (χ3n) is 3.47. The summed E-state index contributed by atoms with van der Waals surface area (Å²) in [7, 11) is 0. The molecule has 2 aromatic heterocycles. The minimum atomic E-state index is -1.01. The standard InChI is InChI=1S/C15H17ClN2O3S2/c1-3-8(2)13(15(20)21)18-12(19)6-9-7-22-14(17-9)10-4-5-11(16)23-10/h4-5,7-8,13H,3,6H2,1-2H3,(H,18,19)(H,20,21)/t8-,13-/m0/s1. The first-order valence-corrected chi connectivity index (χ1v) is 9.20. The molecular formula is C15H17ClN2O3S2. The number of thiophene rings is 1. The Kier molecular flexibility index (Phi) is 6.15. The summed E-state index contributed by atoms with van der Waals surface area (Å²) in [5, 5.41) is 14.4. The van der Waals surface area contributed by atoms with Crippen molar-refractivity contribution in [2.24, 2.45) is 5.92 Å². The number of rotatable bonds is 7. The number of thiazole rings is 1. The molecule has 0 spiro atoms. The van der Waals surface area contributed by atoms with E-state index >= 15 is 0 Å². The maximum Gasteiger partial charge on any atom is 0.326 e. The zero-order chi connectivity index (χ0) is 17.0. The second kappa shape index (κ2) is 7.90. The van der Waals surface area contributed by atoms with Crippen LogP contribution in [-0.4, -0.2) is 28.0 Å². The molecule has 0 radical (unpaired) electrons. The summed E-state index contributed by atoms with van der Waals surface area (Å²) in [4.78, 5) is 28.7. The summed E-state index contributed by atoms with van der Waals surface area (Å²) in [6, 6.07) is 2.82. The fourth-order valence-corrected chi connectivity index (χ4v) is 3.94. The highest BCUT2D eigenvalue weighted by Crippen LogP contribution is 2.32. The van der Waals surface area contributed by atoms with E-state index in [2.05, 4.69) is 10.3 Å². The number of halogens is 1. The normalized spacial score (nSPS) is 13.5. The minimum Gasteiger partial charge on any atom is -0.480 e. The molecule has 0 unspecified atom stereocenters. The second-order valence-corrected chi connectivity index (χ2v) is 7.77. The Morgan fingerprint density at radius 2 is 2.17 bits per heavy atom.